The van der Waals surface area contributed by atoms with Crippen molar-refractivity contribution in [1.29, 1.82) is 0 Å². The second kappa shape index (κ2) is 11.5. The van der Waals surface area contributed by atoms with Crippen molar-refractivity contribution >= 4 is 29.1 Å². The second-order valence-electron chi connectivity index (χ2n) is 8.55. The zero-order chi connectivity index (χ0) is 27.4. The van der Waals surface area contributed by atoms with Crippen molar-refractivity contribution in [3.05, 3.63) is 87.9 Å². The molecule has 1 atom stereocenters. The Hall–Kier alpha value is -4.17. The van der Waals surface area contributed by atoms with Crippen molar-refractivity contribution in [3.63, 3.8) is 0 Å². The van der Waals surface area contributed by atoms with Gasteiger partial charge in [0.25, 0.3) is 11.7 Å². The molecule has 0 saturated carbocycles. The van der Waals surface area contributed by atoms with E-state index in [-0.39, 0.29) is 28.5 Å². The summed E-state index contributed by atoms with van der Waals surface area (Å²) in [7, 11) is 6.00. The molecule has 0 spiro atoms. The predicted molar refractivity (Wildman–Crippen MR) is 143 cm³/mol. The van der Waals surface area contributed by atoms with Gasteiger partial charge in [-0.3, -0.25) is 9.59 Å². The number of likely N-dealkylation sites (tertiary alicyclic amines) is 1. The van der Waals surface area contributed by atoms with Crippen molar-refractivity contribution in [3.8, 4) is 23.0 Å². The van der Waals surface area contributed by atoms with Crippen molar-refractivity contribution in [2.75, 3.05) is 35.0 Å². The maximum Gasteiger partial charge on any atom is 0.295 e. The van der Waals surface area contributed by atoms with E-state index in [1.54, 1.807) is 31.4 Å². The number of halogens is 1. The molecular weight excluding hydrogens is 510 g/mol. The lowest BCUT2D eigenvalue weighted by molar-refractivity contribution is -0.139. The van der Waals surface area contributed by atoms with Crippen LogP contribution in [0.4, 0.5) is 0 Å². The summed E-state index contributed by atoms with van der Waals surface area (Å²) >= 11 is 6.33. The second-order valence-corrected chi connectivity index (χ2v) is 8.96. The molecule has 0 aliphatic carbocycles. The van der Waals surface area contributed by atoms with Gasteiger partial charge in [0.2, 0.25) is 0 Å². The summed E-state index contributed by atoms with van der Waals surface area (Å²) in [6.45, 7) is 0.232. The first-order valence-electron chi connectivity index (χ1n) is 11.8. The lowest BCUT2D eigenvalue weighted by Gasteiger charge is -2.26. The third-order valence-corrected chi connectivity index (χ3v) is 6.77. The Balaban J connectivity index is 1.83. The summed E-state index contributed by atoms with van der Waals surface area (Å²) < 4.78 is 21.3. The van der Waals surface area contributed by atoms with Gasteiger partial charge in [-0.25, -0.2) is 0 Å². The van der Waals surface area contributed by atoms with Crippen molar-refractivity contribution in [2.24, 2.45) is 0 Å². The number of ketones is 1. The molecule has 38 heavy (non-hydrogen) atoms. The zero-order valence-corrected chi connectivity index (χ0v) is 22.2. The largest absolute Gasteiger partial charge is 0.507 e. The van der Waals surface area contributed by atoms with Gasteiger partial charge < -0.3 is 29.0 Å². The van der Waals surface area contributed by atoms with E-state index in [2.05, 4.69) is 0 Å². The lowest BCUT2D eigenvalue weighted by atomic mass is 9.94. The van der Waals surface area contributed by atoms with Gasteiger partial charge in [0, 0.05) is 12.6 Å². The van der Waals surface area contributed by atoms with Crippen LogP contribution in [0.2, 0.25) is 5.02 Å². The van der Waals surface area contributed by atoms with Crippen LogP contribution in [0.3, 0.4) is 0 Å². The Kier molecular flexibility index (Phi) is 8.12. The number of ether oxygens (including phenoxy) is 4. The topological polar surface area (TPSA) is 94.5 Å². The van der Waals surface area contributed by atoms with Crippen molar-refractivity contribution in [2.45, 2.75) is 12.5 Å². The van der Waals surface area contributed by atoms with E-state index in [0.717, 1.165) is 11.3 Å². The molecule has 1 saturated heterocycles. The molecule has 1 heterocycles. The highest BCUT2D eigenvalue weighted by atomic mass is 35.5. The highest BCUT2D eigenvalue weighted by Gasteiger charge is 2.46. The molecule has 1 fully saturated rings. The Morgan fingerprint density at radius 1 is 0.868 bits per heavy atom. The van der Waals surface area contributed by atoms with E-state index >= 15 is 0 Å². The number of Topliss-reactive ketones (excluding diaryl/α,β-unsaturated/α-hetero) is 1. The molecule has 8 nitrogen and oxygen atoms in total. The minimum absolute atomic E-state index is 0.0717. The van der Waals surface area contributed by atoms with E-state index in [1.165, 1.54) is 38.4 Å². The van der Waals surface area contributed by atoms with Gasteiger partial charge >= 0.3 is 0 Å². The first-order chi connectivity index (χ1) is 18.3. The fraction of sp³-hybridized carbons (Fsp3) is 0.241. The van der Waals surface area contributed by atoms with Gasteiger partial charge in [0.1, 0.15) is 28.8 Å². The maximum absolute atomic E-state index is 13.4. The van der Waals surface area contributed by atoms with Crippen LogP contribution in [-0.4, -0.2) is 56.7 Å². The lowest BCUT2D eigenvalue weighted by Crippen LogP contribution is -2.31. The normalized spacial score (nSPS) is 16.4. The molecule has 1 aliphatic heterocycles. The number of carbonyl (C=O) groups excluding carboxylic acids is 2. The Morgan fingerprint density at radius 2 is 1.55 bits per heavy atom. The van der Waals surface area contributed by atoms with Crippen molar-refractivity contribution in [1.82, 2.24) is 4.90 Å². The molecule has 9 heteroatoms. The molecule has 3 aromatic carbocycles. The molecule has 0 bridgehead atoms. The van der Waals surface area contributed by atoms with Gasteiger partial charge in [-0.15, -0.1) is 0 Å². The van der Waals surface area contributed by atoms with Crippen molar-refractivity contribution < 1.29 is 33.6 Å². The van der Waals surface area contributed by atoms with Crippen LogP contribution in [-0.2, 0) is 16.0 Å². The van der Waals surface area contributed by atoms with Crippen LogP contribution < -0.4 is 18.9 Å². The molecule has 0 radical (unpaired) electrons. The van der Waals surface area contributed by atoms with Gasteiger partial charge in [-0.05, 0) is 47.9 Å². The van der Waals surface area contributed by atoms with Gasteiger partial charge in [-0.2, -0.15) is 0 Å². The minimum Gasteiger partial charge on any atom is -0.507 e. The number of benzene rings is 3. The maximum atomic E-state index is 13.4. The minimum atomic E-state index is -0.867. The highest BCUT2D eigenvalue weighted by Crippen LogP contribution is 2.43. The summed E-state index contributed by atoms with van der Waals surface area (Å²) in [5, 5.41) is 11.7. The number of methoxy groups -OCH3 is 4. The zero-order valence-electron chi connectivity index (χ0n) is 21.5. The smallest absolute Gasteiger partial charge is 0.295 e. The Bertz CT molecular complexity index is 1380. The fourth-order valence-corrected chi connectivity index (χ4v) is 4.74. The number of aliphatic hydroxyl groups is 1. The number of aliphatic hydroxyl groups excluding tert-OH is 1. The van der Waals surface area contributed by atoms with Crippen LogP contribution in [0, 0.1) is 0 Å². The highest BCUT2D eigenvalue weighted by molar-refractivity contribution is 6.46. The summed E-state index contributed by atoms with van der Waals surface area (Å²) in [4.78, 5) is 28.2. The average Bonchev–Trinajstić information content (AvgIpc) is 3.20. The van der Waals surface area contributed by atoms with Gasteiger partial charge in [0.05, 0.1) is 50.6 Å². The van der Waals surface area contributed by atoms with Crippen LogP contribution in [0.5, 0.6) is 23.0 Å². The van der Waals surface area contributed by atoms with Crippen LogP contribution in [0.1, 0.15) is 22.7 Å². The standard InChI is InChI=1S/C29H28ClNO7/c1-35-19-10-8-17(9-11-19)12-13-31-26(18-6-5-7-20(14-18)36-2)25(28(33)29(31)34)27(32)21-15-22(30)24(38-4)16-23(21)37-3/h5-11,14-16,26,32H,12-13H2,1-4H3/b27-25+. The molecule has 3 aromatic rings. The molecule has 1 unspecified atom stereocenters. The first-order valence-corrected chi connectivity index (χ1v) is 12.2. The average molecular weight is 538 g/mol. The summed E-state index contributed by atoms with van der Waals surface area (Å²) in [6.07, 6.45) is 0.481. The van der Waals surface area contributed by atoms with E-state index < -0.39 is 23.5 Å². The predicted octanol–water partition coefficient (Wildman–Crippen LogP) is 5.04. The Morgan fingerprint density at radius 3 is 2.18 bits per heavy atom. The Labute approximate surface area is 225 Å². The summed E-state index contributed by atoms with van der Waals surface area (Å²) in [5.41, 5.74) is 1.66. The number of hydrogen-bond acceptors (Lipinski definition) is 7. The number of amides is 1. The third kappa shape index (κ3) is 5.13. The molecule has 0 aromatic heterocycles. The number of carbonyl (C=O) groups is 2. The molecule has 4 rings (SSSR count). The third-order valence-electron chi connectivity index (χ3n) is 6.48. The van der Waals surface area contributed by atoms with Gasteiger partial charge in [0.15, 0.2) is 0 Å². The molecule has 198 valence electrons. The number of nitrogens with zero attached hydrogens (tertiary/aromatic N) is 1. The van der Waals surface area contributed by atoms with E-state index in [9.17, 15) is 14.7 Å². The first kappa shape index (κ1) is 26.9. The fourth-order valence-electron chi connectivity index (χ4n) is 4.50. The molecular formula is C29H28ClNO7. The SMILES string of the molecule is COc1ccc(CCN2C(=O)C(=O)/C(=C(/O)c3cc(Cl)c(OC)cc3OC)C2c2cccc(OC)c2)cc1. The molecule has 1 amide bonds. The summed E-state index contributed by atoms with van der Waals surface area (Å²) in [5.74, 6) is -0.0806. The number of hydrogen-bond donors (Lipinski definition) is 1. The monoisotopic (exact) mass is 537 g/mol. The quantitative estimate of drug-likeness (QED) is 0.232. The van der Waals surface area contributed by atoms with E-state index in [4.69, 9.17) is 30.5 Å². The summed E-state index contributed by atoms with van der Waals surface area (Å²) in [6, 6.07) is 16.6. The van der Waals surface area contributed by atoms with Crippen LogP contribution in [0.15, 0.2) is 66.2 Å². The van der Waals surface area contributed by atoms with E-state index in [1.807, 2.05) is 24.3 Å². The van der Waals surface area contributed by atoms with Crippen LogP contribution >= 0.6 is 11.6 Å². The molecule has 1 N–H and O–H groups in total. The van der Waals surface area contributed by atoms with E-state index in [0.29, 0.717) is 23.5 Å². The molecule has 1 aliphatic rings. The van der Waals surface area contributed by atoms with Crippen LogP contribution in [0.25, 0.3) is 5.76 Å². The number of rotatable bonds is 9. The van der Waals surface area contributed by atoms with Gasteiger partial charge in [-0.1, -0.05) is 35.9 Å².